The van der Waals surface area contributed by atoms with Crippen molar-refractivity contribution in [2.45, 2.75) is 13.0 Å². The van der Waals surface area contributed by atoms with Crippen LogP contribution in [-0.2, 0) is 0 Å². The van der Waals surface area contributed by atoms with Gasteiger partial charge in [-0.15, -0.1) is 0 Å². The molecule has 0 saturated heterocycles. The van der Waals surface area contributed by atoms with Crippen molar-refractivity contribution in [3.05, 3.63) is 66.2 Å². The Kier molecular flexibility index (Phi) is 3.20. The molecular weight excluding hydrogens is 251 g/mol. The zero-order chi connectivity index (χ0) is 14.1. The third-order valence-corrected chi connectivity index (χ3v) is 3.49. The Balaban J connectivity index is 2.28. The van der Waals surface area contributed by atoms with Crippen LogP contribution < -0.4 is 5.73 Å². The molecule has 3 rings (SSSR count). The molecule has 1 aromatic heterocycles. The first-order valence-electron chi connectivity index (χ1n) is 6.55. The van der Waals surface area contributed by atoms with Crippen LogP contribution in [0, 0.1) is 5.82 Å². The lowest BCUT2D eigenvalue weighted by molar-refractivity contribution is 0.629. The van der Waals surface area contributed by atoms with Gasteiger partial charge in [-0.25, -0.2) is 4.39 Å². The van der Waals surface area contributed by atoms with Crippen LogP contribution in [0.15, 0.2) is 54.9 Å². The lowest BCUT2D eigenvalue weighted by Gasteiger charge is -2.11. The third-order valence-electron chi connectivity index (χ3n) is 3.49. The van der Waals surface area contributed by atoms with Gasteiger partial charge in [0.1, 0.15) is 5.82 Å². The molecule has 0 fully saturated rings. The summed E-state index contributed by atoms with van der Waals surface area (Å²) in [6, 6.07) is 12.7. The molecule has 3 heteroatoms. The molecule has 0 saturated carbocycles. The van der Waals surface area contributed by atoms with E-state index in [4.69, 9.17) is 5.73 Å². The quantitative estimate of drug-likeness (QED) is 0.759. The number of hydrogen-bond donors (Lipinski definition) is 1. The normalized spacial score (nSPS) is 12.6. The summed E-state index contributed by atoms with van der Waals surface area (Å²) in [7, 11) is 0. The fourth-order valence-electron chi connectivity index (χ4n) is 2.38. The molecule has 3 aromatic rings. The predicted octanol–water partition coefficient (Wildman–Crippen LogP) is 4.06. The Bertz CT molecular complexity index is 761. The highest BCUT2D eigenvalue weighted by atomic mass is 19.1. The van der Waals surface area contributed by atoms with Crippen molar-refractivity contribution in [3.63, 3.8) is 0 Å². The van der Waals surface area contributed by atoms with E-state index in [0.29, 0.717) is 5.56 Å². The molecule has 2 aromatic carbocycles. The van der Waals surface area contributed by atoms with Crippen LogP contribution in [0.1, 0.15) is 18.5 Å². The molecular formula is C17H15FN2. The van der Waals surface area contributed by atoms with Crippen LogP contribution in [0.25, 0.3) is 21.9 Å². The van der Waals surface area contributed by atoms with E-state index in [1.807, 2.05) is 37.3 Å². The second kappa shape index (κ2) is 5.02. The van der Waals surface area contributed by atoms with E-state index < -0.39 is 0 Å². The first kappa shape index (κ1) is 12.8. The lowest BCUT2D eigenvalue weighted by atomic mass is 9.96. The van der Waals surface area contributed by atoms with E-state index in [0.717, 1.165) is 21.9 Å². The summed E-state index contributed by atoms with van der Waals surface area (Å²) in [5.74, 6) is -0.245. The molecule has 0 amide bonds. The summed E-state index contributed by atoms with van der Waals surface area (Å²) < 4.78 is 14.2. The van der Waals surface area contributed by atoms with Gasteiger partial charge in [0.2, 0.25) is 0 Å². The number of rotatable bonds is 2. The molecule has 1 unspecified atom stereocenters. The van der Waals surface area contributed by atoms with Gasteiger partial charge in [0.15, 0.2) is 0 Å². The van der Waals surface area contributed by atoms with Crippen LogP contribution >= 0.6 is 0 Å². The smallest absolute Gasteiger partial charge is 0.131 e. The standard InChI is InChI=1S/C17H15FN2/c1-11(19)13-5-6-17(18)15(9-13)14-4-2-3-12-7-8-20-10-16(12)14/h2-11H,19H2,1H3. The van der Waals surface area contributed by atoms with Crippen molar-refractivity contribution in [2.24, 2.45) is 5.73 Å². The number of pyridine rings is 1. The van der Waals surface area contributed by atoms with Gasteiger partial charge in [-0.05, 0) is 41.6 Å². The van der Waals surface area contributed by atoms with Crippen molar-refractivity contribution >= 4 is 10.8 Å². The number of benzene rings is 2. The number of hydrogen-bond acceptors (Lipinski definition) is 2. The van der Waals surface area contributed by atoms with Crippen LogP contribution in [-0.4, -0.2) is 4.98 Å². The molecule has 0 aliphatic carbocycles. The van der Waals surface area contributed by atoms with Crippen LogP contribution in [0.3, 0.4) is 0 Å². The molecule has 0 spiro atoms. The molecule has 0 aliphatic rings. The second-order valence-corrected chi connectivity index (χ2v) is 4.93. The maximum Gasteiger partial charge on any atom is 0.131 e. The number of halogens is 1. The topological polar surface area (TPSA) is 38.9 Å². The Hall–Kier alpha value is -2.26. The van der Waals surface area contributed by atoms with E-state index in [1.165, 1.54) is 6.07 Å². The summed E-state index contributed by atoms with van der Waals surface area (Å²) in [5, 5.41) is 1.99. The van der Waals surface area contributed by atoms with Crippen molar-refractivity contribution < 1.29 is 4.39 Å². The highest BCUT2D eigenvalue weighted by molar-refractivity contribution is 5.96. The van der Waals surface area contributed by atoms with Gasteiger partial charge in [-0.3, -0.25) is 4.98 Å². The summed E-state index contributed by atoms with van der Waals surface area (Å²) in [5.41, 5.74) is 8.22. The first-order valence-corrected chi connectivity index (χ1v) is 6.55. The van der Waals surface area contributed by atoms with Crippen molar-refractivity contribution in [1.29, 1.82) is 0 Å². The monoisotopic (exact) mass is 266 g/mol. The first-order chi connectivity index (χ1) is 9.66. The third kappa shape index (κ3) is 2.17. The van der Waals surface area contributed by atoms with Gasteiger partial charge < -0.3 is 5.73 Å². The largest absolute Gasteiger partial charge is 0.324 e. The van der Waals surface area contributed by atoms with Crippen LogP contribution in [0.2, 0.25) is 0 Å². The maximum atomic E-state index is 14.2. The summed E-state index contributed by atoms with van der Waals surface area (Å²) in [6.45, 7) is 1.89. The molecule has 0 aliphatic heterocycles. The van der Waals surface area contributed by atoms with Crippen LogP contribution in [0.4, 0.5) is 4.39 Å². The van der Waals surface area contributed by atoms with Gasteiger partial charge in [0.05, 0.1) is 0 Å². The van der Waals surface area contributed by atoms with Crippen LogP contribution in [0.5, 0.6) is 0 Å². The van der Waals surface area contributed by atoms with Crippen molar-refractivity contribution in [2.75, 3.05) is 0 Å². The minimum Gasteiger partial charge on any atom is -0.324 e. The molecule has 100 valence electrons. The molecule has 20 heavy (non-hydrogen) atoms. The molecule has 0 radical (unpaired) electrons. The number of nitrogens with two attached hydrogens (primary N) is 1. The summed E-state index contributed by atoms with van der Waals surface area (Å²) in [4.78, 5) is 4.14. The minimum atomic E-state index is -0.245. The number of fused-ring (bicyclic) bond motifs is 1. The van der Waals surface area contributed by atoms with Gasteiger partial charge in [-0.1, -0.05) is 24.3 Å². The molecule has 1 atom stereocenters. The molecule has 0 bridgehead atoms. The molecule has 2 N–H and O–H groups in total. The molecule has 2 nitrogen and oxygen atoms in total. The second-order valence-electron chi connectivity index (χ2n) is 4.93. The van der Waals surface area contributed by atoms with E-state index in [-0.39, 0.29) is 11.9 Å². The summed E-state index contributed by atoms with van der Waals surface area (Å²) in [6.07, 6.45) is 3.50. The highest BCUT2D eigenvalue weighted by Crippen LogP contribution is 2.31. The Morgan fingerprint density at radius 1 is 1.10 bits per heavy atom. The lowest BCUT2D eigenvalue weighted by Crippen LogP contribution is -2.05. The van der Waals surface area contributed by atoms with Gasteiger partial charge in [0, 0.05) is 29.4 Å². The average Bonchev–Trinajstić information content (AvgIpc) is 2.47. The summed E-state index contributed by atoms with van der Waals surface area (Å²) >= 11 is 0. The predicted molar refractivity (Wildman–Crippen MR) is 79.7 cm³/mol. The molecule has 1 heterocycles. The zero-order valence-corrected chi connectivity index (χ0v) is 11.2. The fourth-order valence-corrected chi connectivity index (χ4v) is 2.38. The highest BCUT2D eigenvalue weighted by Gasteiger charge is 2.11. The number of aromatic nitrogens is 1. The van der Waals surface area contributed by atoms with Gasteiger partial charge in [-0.2, -0.15) is 0 Å². The van der Waals surface area contributed by atoms with E-state index >= 15 is 0 Å². The van der Waals surface area contributed by atoms with Gasteiger partial charge >= 0.3 is 0 Å². The van der Waals surface area contributed by atoms with E-state index in [2.05, 4.69) is 4.98 Å². The minimum absolute atomic E-state index is 0.123. The maximum absolute atomic E-state index is 14.2. The fraction of sp³-hybridized carbons (Fsp3) is 0.118. The number of nitrogens with zero attached hydrogens (tertiary/aromatic N) is 1. The Labute approximate surface area is 117 Å². The average molecular weight is 266 g/mol. The Morgan fingerprint density at radius 2 is 1.95 bits per heavy atom. The van der Waals surface area contributed by atoms with E-state index in [9.17, 15) is 4.39 Å². The van der Waals surface area contributed by atoms with Gasteiger partial charge in [0.25, 0.3) is 0 Å². The zero-order valence-electron chi connectivity index (χ0n) is 11.2. The van der Waals surface area contributed by atoms with E-state index in [1.54, 1.807) is 18.5 Å². The SMILES string of the molecule is CC(N)c1ccc(F)c(-c2cccc3ccncc23)c1. The van der Waals surface area contributed by atoms with Crippen molar-refractivity contribution in [3.8, 4) is 11.1 Å². The van der Waals surface area contributed by atoms with Crippen molar-refractivity contribution in [1.82, 2.24) is 4.98 Å². The Morgan fingerprint density at radius 3 is 2.75 bits per heavy atom.